The number of nitrogens with one attached hydrogen (secondary N) is 1. The number of carboxylic acids is 1. The molecule has 1 fully saturated rings. The van der Waals surface area contributed by atoms with E-state index in [4.69, 9.17) is 0 Å². The third-order valence-electron chi connectivity index (χ3n) is 4.89. The topological polar surface area (TPSA) is 83.4 Å². The van der Waals surface area contributed by atoms with Crippen molar-refractivity contribution in [1.29, 1.82) is 5.26 Å². The molecular formula is C20H18N4O2. The fourth-order valence-electron chi connectivity index (χ4n) is 3.53. The molecule has 0 unspecified atom stereocenters. The van der Waals surface area contributed by atoms with Gasteiger partial charge in [-0.15, -0.1) is 0 Å². The van der Waals surface area contributed by atoms with Crippen LogP contribution in [0.5, 0.6) is 0 Å². The van der Waals surface area contributed by atoms with E-state index >= 15 is 0 Å². The highest BCUT2D eigenvalue weighted by Crippen LogP contribution is 2.30. The number of piperazine rings is 1. The highest BCUT2D eigenvalue weighted by atomic mass is 16.4. The van der Waals surface area contributed by atoms with E-state index in [0.29, 0.717) is 11.1 Å². The first kappa shape index (κ1) is 16.0. The van der Waals surface area contributed by atoms with Crippen molar-refractivity contribution in [2.45, 2.75) is 0 Å². The summed E-state index contributed by atoms with van der Waals surface area (Å²) >= 11 is 0. The van der Waals surface area contributed by atoms with Gasteiger partial charge in [-0.2, -0.15) is 5.26 Å². The molecule has 6 heteroatoms. The van der Waals surface area contributed by atoms with E-state index in [1.54, 1.807) is 12.1 Å². The molecule has 1 aliphatic rings. The van der Waals surface area contributed by atoms with Crippen LogP contribution in [0.25, 0.3) is 10.9 Å². The van der Waals surface area contributed by atoms with Crippen LogP contribution in [0.1, 0.15) is 15.9 Å². The van der Waals surface area contributed by atoms with E-state index in [9.17, 15) is 15.2 Å². The molecule has 2 aromatic carbocycles. The molecule has 0 atom stereocenters. The molecule has 0 radical (unpaired) electrons. The number of aromatic carboxylic acids is 1. The first-order valence-corrected chi connectivity index (χ1v) is 8.51. The Bertz CT molecular complexity index is 1010. The number of aromatic amines is 1. The molecule has 0 amide bonds. The first-order chi connectivity index (χ1) is 12.7. The molecular weight excluding hydrogens is 328 g/mol. The first-order valence-electron chi connectivity index (χ1n) is 8.51. The highest BCUT2D eigenvalue weighted by Gasteiger charge is 2.21. The second kappa shape index (κ2) is 6.45. The Labute approximate surface area is 150 Å². The summed E-state index contributed by atoms with van der Waals surface area (Å²) in [6.45, 7) is 3.24. The number of nitrogens with zero attached hydrogens (tertiary/aromatic N) is 3. The molecule has 1 aliphatic heterocycles. The van der Waals surface area contributed by atoms with Crippen molar-refractivity contribution < 1.29 is 9.90 Å². The Kier molecular flexibility index (Phi) is 3.98. The van der Waals surface area contributed by atoms with Crippen molar-refractivity contribution in [3.05, 3.63) is 59.8 Å². The van der Waals surface area contributed by atoms with Gasteiger partial charge in [0.25, 0.3) is 0 Å². The summed E-state index contributed by atoms with van der Waals surface area (Å²) in [4.78, 5) is 19.0. The van der Waals surface area contributed by atoms with Gasteiger partial charge in [-0.25, -0.2) is 4.79 Å². The fraction of sp³-hybridized carbons (Fsp3) is 0.200. The lowest BCUT2D eigenvalue weighted by molar-refractivity contribution is 0.0697. The Morgan fingerprint density at radius 1 is 1.04 bits per heavy atom. The maximum Gasteiger partial charge on any atom is 0.335 e. The summed E-state index contributed by atoms with van der Waals surface area (Å²) in [6, 6.07) is 15.1. The van der Waals surface area contributed by atoms with Gasteiger partial charge in [0.2, 0.25) is 0 Å². The zero-order chi connectivity index (χ0) is 18.1. The molecule has 2 N–H and O–H groups in total. The number of hydrogen-bond donors (Lipinski definition) is 2. The lowest BCUT2D eigenvalue weighted by Crippen LogP contribution is -2.46. The summed E-state index contributed by atoms with van der Waals surface area (Å²) in [5.74, 6) is -0.919. The monoisotopic (exact) mass is 346 g/mol. The van der Waals surface area contributed by atoms with Crippen molar-refractivity contribution in [3.8, 4) is 6.07 Å². The smallest absolute Gasteiger partial charge is 0.335 e. The summed E-state index contributed by atoms with van der Waals surface area (Å²) in [5, 5.41) is 19.5. The lowest BCUT2D eigenvalue weighted by Gasteiger charge is -2.37. The van der Waals surface area contributed by atoms with Gasteiger partial charge in [0.15, 0.2) is 0 Å². The van der Waals surface area contributed by atoms with Crippen molar-refractivity contribution in [2.24, 2.45) is 0 Å². The quantitative estimate of drug-likeness (QED) is 0.761. The summed E-state index contributed by atoms with van der Waals surface area (Å²) < 4.78 is 0. The van der Waals surface area contributed by atoms with E-state index in [0.717, 1.165) is 48.5 Å². The van der Waals surface area contributed by atoms with E-state index in [-0.39, 0.29) is 0 Å². The van der Waals surface area contributed by atoms with E-state index in [2.05, 4.69) is 20.9 Å². The largest absolute Gasteiger partial charge is 0.478 e. The molecule has 0 spiro atoms. The molecule has 0 saturated carbocycles. The van der Waals surface area contributed by atoms with Gasteiger partial charge >= 0.3 is 5.97 Å². The molecule has 130 valence electrons. The Balaban J connectivity index is 1.57. The fourth-order valence-corrected chi connectivity index (χ4v) is 3.53. The number of benzene rings is 2. The molecule has 6 nitrogen and oxygen atoms in total. The molecule has 26 heavy (non-hydrogen) atoms. The molecule has 0 bridgehead atoms. The number of carboxylic acid groups (broad SMARTS) is 1. The second-order valence-corrected chi connectivity index (χ2v) is 6.34. The number of nitriles is 1. The summed E-state index contributed by atoms with van der Waals surface area (Å²) in [7, 11) is 0. The van der Waals surface area contributed by atoms with E-state index in [1.807, 2.05) is 36.5 Å². The van der Waals surface area contributed by atoms with Gasteiger partial charge in [-0.05, 0) is 30.3 Å². The summed E-state index contributed by atoms with van der Waals surface area (Å²) in [5.41, 5.74) is 3.92. The predicted molar refractivity (Wildman–Crippen MR) is 101 cm³/mol. The number of rotatable bonds is 3. The average molecular weight is 346 g/mol. The van der Waals surface area contributed by atoms with Crippen LogP contribution < -0.4 is 9.80 Å². The van der Waals surface area contributed by atoms with Crippen LogP contribution in [0, 0.1) is 11.3 Å². The van der Waals surface area contributed by atoms with Crippen molar-refractivity contribution in [3.63, 3.8) is 0 Å². The number of aromatic nitrogens is 1. The second-order valence-electron chi connectivity index (χ2n) is 6.34. The molecule has 1 saturated heterocycles. The zero-order valence-electron chi connectivity index (χ0n) is 14.1. The van der Waals surface area contributed by atoms with Gasteiger partial charge in [0.1, 0.15) is 6.07 Å². The molecule has 2 heterocycles. The van der Waals surface area contributed by atoms with Crippen LogP contribution in [0.4, 0.5) is 11.4 Å². The van der Waals surface area contributed by atoms with E-state index < -0.39 is 5.97 Å². The van der Waals surface area contributed by atoms with Gasteiger partial charge in [0.05, 0.1) is 22.5 Å². The maximum atomic E-state index is 11.3. The average Bonchev–Trinajstić information content (AvgIpc) is 3.11. The van der Waals surface area contributed by atoms with Crippen molar-refractivity contribution >= 4 is 28.2 Å². The van der Waals surface area contributed by atoms with Crippen LogP contribution in [-0.4, -0.2) is 42.2 Å². The predicted octanol–water partition coefficient (Wildman–Crippen LogP) is 3.06. The Morgan fingerprint density at radius 3 is 2.42 bits per heavy atom. The van der Waals surface area contributed by atoms with Gasteiger partial charge < -0.3 is 19.9 Å². The zero-order valence-corrected chi connectivity index (χ0v) is 14.1. The SMILES string of the molecule is N#Cc1ccccc1N1CCN(c2c[nH]c3ccc(C(=O)O)cc23)CC1. The molecule has 0 aliphatic carbocycles. The van der Waals surface area contributed by atoms with E-state index in [1.165, 1.54) is 0 Å². The molecule has 3 aromatic rings. The minimum absolute atomic E-state index is 0.292. The highest BCUT2D eigenvalue weighted by molar-refractivity contribution is 5.99. The minimum atomic E-state index is -0.919. The van der Waals surface area contributed by atoms with Gasteiger partial charge in [-0.3, -0.25) is 0 Å². The van der Waals surface area contributed by atoms with Gasteiger partial charge in [0, 0.05) is 43.3 Å². The minimum Gasteiger partial charge on any atom is -0.478 e. The standard InChI is InChI=1S/C20H18N4O2/c21-12-15-3-1-2-4-18(15)23-7-9-24(10-8-23)19-13-22-17-6-5-14(20(25)26)11-16(17)19/h1-6,11,13,22H,7-10H2,(H,25,26). The third-order valence-corrected chi connectivity index (χ3v) is 4.89. The molecule has 4 rings (SSSR count). The van der Waals surface area contributed by atoms with Crippen LogP contribution >= 0.6 is 0 Å². The maximum absolute atomic E-state index is 11.3. The molecule has 1 aromatic heterocycles. The van der Waals surface area contributed by atoms with Crippen molar-refractivity contribution in [1.82, 2.24) is 4.98 Å². The Hall–Kier alpha value is -3.46. The van der Waals surface area contributed by atoms with Gasteiger partial charge in [-0.1, -0.05) is 12.1 Å². The normalized spacial score (nSPS) is 14.4. The number of fused-ring (bicyclic) bond motifs is 1. The summed E-state index contributed by atoms with van der Waals surface area (Å²) in [6.07, 6.45) is 1.94. The van der Waals surface area contributed by atoms with Crippen molar-refractivity contribution in [2.75, 3.05) is 36.0 Å². The number of anilines is 2. The number of para-hydroxylation sites is 1. The number of H-pyrrole nitrogens is 1. The van der Waals surface area contributed by atoms with Crippen LogP contribution in [0.15, 0.2) is 48.7 Å². The number of hydrogen-bond acceptors (Lipinski definition) is 4. The third kappa shape index (κ3) is 2.74. The van der Waals surface area contributed by atoms with Crippen LogP contribution in [-0.2, 0) is 0 Å². The lowest BCUT2D eigenvalue weighted by atomic mass is 10.1. The van der Waals surface area contributed by atoms with Crippen LogP contribution in [0.2, 0.25) is 0 Å². The number of carbonyl (C=O) groups is 1. The Morgan fingerprint density at radius 2 is 1.73 bits per heavy atom. The van der Waals surface area contributed by atoms with Crippen LogP contribution in [0.3, 0.4) is 0 Å².